The second kappa shape index (κ2) is 7.47. The molecule has 1 aliphatic heterocycles. The molecule has 0 aliphatic carbocycles. The van der Waals surface area contributed by atoms with Crippen molar-refractivity contribution in [3.63, 3.8) is 0 Å². The molecule has 9 nitrogen and oxygen atoms in total. The number of imide groups is 2. The van der Waals surface area contributed by atoms with Crippen molar-refractivity contribution in [3.05, 3.63) is 67.2 Å². The van der Waals surface area contributed by atoms with E-state index in [1.807, 2.05) is 6.07 Å². The van der Waals surface area contributed by atoms with Crippen molar-refractivity contribution < 1.29 is 24.4 Å². The van der Waals surface area contributed by atoms with Gasteiger partial charge in [0.15, 0.2) is 0 Å². The summed E-state index contributed by atoms with van der Waals surface area (Å²) in [5.41, 5.74) is 1.07. The van der Waals surface area contributed by atoms with Crippen LogP contribution >= 0.6 is 15.9 Å². The van der Waals surface area contributed by atoms with Crippen LogP contribution in [0.25, 0.3) is 6.08 Å². The van der Waals surface area contributed by atoms with Crippen LogP contribution < -0.4 is 10.2 Å². The Balaban J connectivity index is 2.10. The number of carbonyl (C=O) groups excluding carboxylic acids is 3. The molecule has 0 bridgehead atoms. The molecule has 3 rings (SSSR count). The molecular formula is C19H14BrN3O6. The van der Waals surface area contributed by atoms with E-state index in [1.165, 1.54) is 6.07 Å². The molecule has 10 heteroatoms. The van der Waals surface area contributed by atoms with Crippen LogP contribution in [0, 0.1) is 24.0 Å². The Kier molecular flexibility index (Phi) is 5.21. The number of aryl methyl sites for hydroxylation is 2. The van der Waals surface area contributed by atoms with Crippen LogP contribution in [0.3, 0.4) is 0 Å². The van der Waals surface area contributed by atoms with Gasteiger partial charge in [-0.25, -0.2) is 9.69 Å². The highest BCUT2D eigenvalue weighted by Crippen LogP contribution is 2.36. The molecule has 2 aromatic carbocycles. The van der Waals surface area contributed by atoms with Crippen LogP contribution in [-0.4, -0.2) is 27.9 Å². The number of phenols is 1. The van der Waals surface area contributed by atoms with Crippen LogP contribution in [0.15, 0.2) is 40.4 Å². The molecular weight excluding hydrogens is 446 g/mol. The normalized spacial score (nSPS) is 15.6. The summed E-state index contributed by atoms with van der Waals surface area (Å²) in [7, 11) is 0. The number of barbiturate groups is 1. The third kappa shape index (κ3) is 3.87. The standard InChI is InChI=1S/C19H14BrN3O6/c1-9-3-10(2)5-12(4-9)22-18(26)13(17(25)21-19(22)27)6-11-7-14(20)16(24)15(8-11)23(28)29/h3-8,24H,1-2H3,(H,21,25,27). The van der Waals surface area contributed by atoms with Gasteiger partial charge in [-0.3, -0.25) is 25.0 Å². The van der Waals surface area contributed by atoms with Gasteiger partial charge in [0.1, 0.15) is 5.57 Å². The van der Waals surface area contributed by atoms with Crippen LogP contribution in [0.4, 0.5) is 16.2 Å². The Labute approximate surface area is 172 Å². The number of carbonyl (C=O) groups is 3. The average Bonchev–Trinajstić information content (AvgIpc) is 2.60. The summed E-state index contributed by atoms with van der Waals surface area (Å²) in [6.45, 7) is 3.61. The number of halogens is 1. The maximum Gasteiger partial charge on any atom is 0.335 e. The van der Waals surface area contributed by atoms with Gasteiger partial charge in [-0.2, -0.15) is 0 Å². The fraction of sp³-hybridized carbons (Fsp3) is 0.105. The van der Waals surface area contributed by atoms with Crippen LogP contribution in [0.2, 0.25) is 0 Å². The number of nitro groups is 1. The molecule has 29 heavy (non-hydrogen) atoms. The molecule has 0 unspecified atom stereocenters. The zero-order valence-electron chi connectivity index (χ0n) is 15.2. The molecule has 0 radical (unpaired) electrons. The average molecular weight is 460 g/mol. The van der Waals surface area contributed by atoms with Crippen LogP contribution in [0.1, 0.15) is 16.7 Å². The number of phenolic OH excluding ortho intramolecular Hbond substituents is 1. The Morgan fingerprint density at radius 1 is 1.10 bits per heavy atom. The number of nitro benzene ring substituents is 1. The van der Waals surface area contributed by atoms with Crippen molar-refractivity contribution in [2.24, 2.45) is 0 Å². The lowest BCUT2D eigenvalue weighted by Gasteiger charge is -2.27. The monoisotopic (exact) mass is 459 g/mol. The summed E-state index contributed by atoms with van der Waals surface area (Å²) in [6.07, 6.45) is 1.12. The predicted octanol–water partition coefficient (Wildman–Crippen LogP) is 3.35. The van der Waals surface area contributed by atoms with E-state index in [-0.39, 0.29) is 15.6 Å². The van der Waals surface area contributed by atoms with Crippen LogP contribution in [0.5, 0.6) is 5.75 Å². The van der Waals surface area contributed by atoms with Gasteiger partial charge in [-0.1, -0.05) is 6.07 Å². The van der Waals surface area contributed by atoms with E-state index < -0.39 is 34.2 Å². The Morgan fingerprint density at radius 3 is 2.31 bits per heavy atom. The summed E-state index contributed by atoms with van der Waals surface area (Å²) >= 11 is 3.00. The molecule has 148 valence electrons. The van der Waals surface area contributed by atoms with Crippen molar-refractivity contribution in [1.29, 1.82) is 0 Å². The number of nitrogens with one attached hydrogen (secondary N) is 1. The van der Waals surface area contributed by atoms with Crippen molar-refractivity contribution in [2.75, 3.05) is 4.90 Å². The summed E-state index contributed by atoms with van der Waals surface area (Å²) in [5.74, 6) is -2.37. The van der Waals surface area contributed by atoms with Gasteiger partial charge in [0.2, 0.25) is 5.75 Å². The fourth-order valence-electron chi connectivity index (χ4n) is 2.97. The van der Waals surface area contributed by atoms with Crippen molar-refractivity contribution in [2.45, 2.75) is 13.8 Å². The first-order valence-corrected chi connectivity index (χ1v) is 9.04. The third-order valence-electron chi connectivity index (χ3n) is 4.14. The van der Waals surface area contributed by atoms with E-state index in [9.17, 15) is 29.6 Å². The zero-order chi connectivity index (χ0) is 21.5. The third-order valence-corrected chi connectivity index (χ3v) is 4.74. The minimum Gasteiger partial charge on any atom is -0.501 e. The smallest absolute Gasteiger partial charge is 0.335 e. The molecule has 0 aromatic heterocycles. The number of hydrogen-bond acceptors (Lipinski definition) is 6. The van der Waals surface area contributed by atoms with E-state index in [0.29, 0.717) is 5.69 Å². The van der Waals surface area contributed by atoms with E-state index in [1.54, 1.807) is 26.0 Å². The van der Waals surface area contributed by atoms with Gasteiger partial charge < -0.3 is 5.11 Å². The summed E-state index contributed by atoms with van der Waals surface area (Å²) in [5, 5.41) is 23.0. The van der Waals surface area contributed by atoms with Gasteiger partial charge in [0, 0.05) is 6.07 Å². The number of urea groups is 1. The highest BCUT2D eigenvalue weighted by atomic mass is 79.9. The van der Waals surface area contributed by atoms with E-state index >= 15 is 0 Å². The largest absolute Gasteiger partial charge is 0.501 e. The SMILES string of the molecule is Cc1cc(C)cc(N2C(=O)NC(=O)C(=Cc3cc(Br)c(O)c([N+](=O)[O-])c3)C2=O)c1. The van der Waals surface area contributed by atoms with E-state index in [2.05, 4.69) is 21.2 Å². The van der Waals surface area contributed by atoms with Crippen molar-refractivity contribution >= 4 is 51.2 Å². The van der Waals surface area contributed by atoms with Gasteiger partial charge in [-0.15, -0.1) is 0 Å². The predicted molar refractivity (Wildman–Crippen MR) is 107 cm³/mol. The molecule has 0 spiro atoms. The minimum absolute atomic E-state index is 0.0180. The van der Waals surface area contributed by atoms with E-state index in [4.69, 9.17) is 0 Å². The first-order chi connectivity index (χ1) is 13.6. The molecule has 1 saturated heterocycles. The van der Waals surface area contributed by atoms with Crippen LogP contribution in [-0.2, 0) is 9.59 Å². The number of hydrogen-bond donors (Lipinski definition) is 2. The number of amides is 4. The first kappa shape index (κ1) is 20.2. The maximum absolute atomic E-state index is 12.9. The number of anilines is 1. The second-order valence-electron chi connectivity index (χ2n) is 6.43. The number of rotatable bonds is 3. The number of nitrogens with zero attached hydrogens (tertiary/aromatic N) is 2. The van der Waals surface area contributed by atoms with E-state index in [0.717, 1.165) is 28.2 Å². The number of aromatic hydroxyl groups is 1. The lowest BCUT2D eigenvalue weighted by molar-refractivity contribution is -0.386. The Hall–Kier alpha value is -3.53. The van der Waals surface area contributed by atoms with Gasteiger partial charge >= 0.3 is 11.7 Å². The molecule has 2 N–H and O–H groups in total. The quantitative estimate of drug-likeness (QED) is 0.313. The molecule has 0 saturated carbocycles. The molecule has 1 heterocycles. The summed E-state index contributed by atoms with van der Waals surface area (Å²) < 4.78 is 0.0180. The second-order valence-corrected chi connectivity index (χ2v) is 7.29. The fourth-order valence-corrected chi connectivity index (χ4v) is 3.43. The molecule has 4 amide bonds. The van der Waals surface area contributed by atoms with Crippen molar-refractivity contribution in [3.8, 4) is 5.75 Å². The lowest BCUT2D eigenvalue weighted by Crippen LogP contribution is -2.54. The Bertz CT molecular complexity index is 1100. The van der Waals surface area contributed by atoms with Gasteiger partial charge in [0.05, 0.1) is 15.1 Å². The van der Waals surface area contributed by atoms with Crippen molar-refractivity contribution in [1.82, 2.24) is 5.32 Å². The van der Waals surface area contributed by atoms with Gasteiger partial charge in [-0.05, 0) is 70.7 Å². The molecule has 0 atom stereocenters. The zero-order valence-corrected chi connectivity index (χ0v) is 16.8. The highest BCUT2D eigenvalue weighted by molar-refractivity contribution is 9.10. The highest BCUT2D eigenvalue weighted by Gasteiger charge is 2.37. The molecule has 1 fully saturated rings. The number of benzene rings is 2. The Morgan fingerprint density at radius 2 is 1.72 bits per heavy atom. The topological polar surface area (TPSA) is 130 Å². The lowest BCUT2D eigenvalue weighted by atomic mass is 10.0. The summed E-state index contributed by atoms with van der Waals surface area (Å²) in [6, 6.07) is 6.56. The first-order valence-electron chi connectivity index (χ1n) is 8.25. The molecule has 1 aliphatic rings. The maximum atomic E-state index is 12.9. The van der Waals surface area contributed by atoms with Gasteiger partial charge in [0.25, 0.3) is 11.8 Å². The minimum atomic E-state index is -0.924. The summed E-state index contributed by atoms with van der Waals surface area (Å²) in [4.78, 5) is 48.6. The molecule has 2 aromatic rings.